The number of aliphatic hydroxyl groups excluding tert-OH is 1. The predicted octanol–water partition coefficient (Wildman–Crippen LogP) is 14.2. The molecule has 2 saturated heterocycles. The first-order valence-corrected chi connectivity index (χ1v) is 28.9. The molecule has 2 fully saturated rings. The summed E-state index contributed by atoms with van der Waals surface area (Å²) in [5, 5.41) is 10.9. The summed E-state index contributed by atoms with van der Waals surface area (Å²) in [6.45, 7) is 43.0. The molecule has 1 N–H and O–H groups in total. The van der Waals surface area contributed by atoms with Crippen molar-refractivity contribution in [3.63, 3.8) is 0 Å². The molecule has 3 heterocycles. The standard InChI is InChI=1S/C32H52O4Si.C26H38O4/c1-21(2)23(4)13-14-24(5)29-30(36-32(8,9)35-29)25(6)15-16-27-20-22(3)19-26(7)28(27)31(33)34-17-18-37(10,11)12;1-15-13-19(5)22-21(14-15)12-11-18(4)24-23(29-26(7,8)30-24)17(3)10-9-16(2)20(6)28-25(22)27/h13-16,19-21,23-25,29-30H,17-18H2,1-12H3;9-14,16-18,20,23-25,27H,1-8H3/b14-13-,16-15+;10-9-,12-11+/t23-,24?,25?,29?,30?;16-,17?,18?,20+,23?,24?,25?/m11/s1. The summed E-state index contributed by atoms with van der Waals surface area (Å²) < 4.78 is 37.2. The normalized spacial score (nSPS) is 29.9. The Hall–Kier alpha value is -3.15. The lowest BCUT2D eigenvalue weighted by Crippen LogP contribution is -2.33. The summed E-state index contributed by atoms with van der Waals surface area (Å²) in [5.74, 6) is 0.482. The van der Waals surface area contributed by atoms with Crippen LogP contribution in [-0.4, -0.2) is 67.9 Å². The first kappa shape index (κ1) is 56.4. The van der Waals surface area contributed by atoms with Crippen LogP contribution >= 0.6 is 0 Å². The molecule has 0 aliphatic carbocycles. The zero-order valence-corrected chi connectivity index (χ0v) is 46.2. The van der Waals surface area contributed by atoms with Gasteiger partial charge in [0.2, 0.25) is 0 Å². The van der Waals surface area contributed by atoms with Crippen LogP contribution in [0.2, 0.25) is 25.7 Å². The van der Waals surface area contributed by atoms with Crippen LogP contribution in [0, 0.1) is 69.1 Å². The maximum absolute atomic E-state index is 13.1. The molecule has 3 aliphatic heterocycles. The highest BCUT2D eigenvalue weighted by molar-refractivity contribution is 6.76. The van der Waals surface area contributed by atoms with Gasteiger partial charge in [-0.05, 0) is 102 Å². The van der Waals surface area contributed by atoms with Crippen LogP contribution in [0.15, 0.2) is 60.7 Å². The van der Waals surface area contributed by atoms with E-state index in [1.807, 2.05) is 48.5 Å². The van der Waals surface area contributed by atoms with E-state index in [1.165, 1.54) is 0 Å². The molecule has 9 heteroatoms. The van der Waals surface area contributed by atoms with Crippen molar-refractivity contribution in [2.24, 2.45) is 41.4 Å². The number of aliphatic hydroxyl groups is 1. The number of allylic oxidation sites excluding steroid dienone is 1. The van der Waals surface area contributed by atoms with Gasteiger partial charge in [0.15, 0.2) is 17.9 Å². The molecule has 3 aliphatic rings. The molecular formula is C58H90O8Si. The Morgan fingerprint density at radius 1 is 0.716 bits per heavy atom. The van der Waals surface area contributed by atoms with E-state index >= 15 is 0 Å². The van der Waals surface area contributed by atoms with E-state index in [0.717, 1.165) is 45.0 Å². The van der Waals surface area contributed by atoms with Gasteiger partial charge in [-0.2, -0.15) is 0 Å². The average molecular weight is 943 g/mol. The molecule has 374 valence electrons. The molecule has 0 aromatic heterocycles. The second-order valence-electron chi connectivity index (χ2n) is 22.8. The maximum Gasteiger partial charge on any atom is 0.338 e. The van der Waals surface area contributed by atoms with Crippen LogP contribution in [0.4, 0.5) is 0 Å². The van der Waals surface area contributed by atoms with Crippen LogP contribution in [0.1, 0.15) is 146 Å². The number of rotatable bonds is 11. The van der Waals surface area contributed by atoms with E-state index in [4.69, 9.17) is 28.4 Å². The van der Waals surface area contributed by atoms with Crippen molar-refractivity contribution in [2.45, 2.75) is 192 Å². The summed E-state index contributed by atoms with van der Waals surface area (Å²) in [4.78, 5) is 13.1. The summed E-state index contributed by atoms with van der Waals surface area (Å²) in [7, 11) is -1.27. The summed E-state index contributed by atoms with van der Waals surface area (Å²) in [5.41, 5.74) is 7.64. The average Bonchev–Trinajstić information content (AvgIpc) is 3.73. The highest BCUT2D eigenvalue weighted by Gasteiger charge is 2.46. The molecule has 0 radical (unpaired) electrons. The molecule has 9 unspecified atom stereocenters. The lowest BCUT2D eigenvalue weighted by atomic mass is 9.89. The van der Waals surface area contributed by atoms with E-state index in [-0.39, 0.29) is 66.1 Å². The van der Waals surface area contributed by atoms with Crippen LogP contribution < -0.4 is 0 Å². The Kier molecular flexibility index (Phi) is 19.9. The Bertz CT molecular complexity index is 2070. The maximum atomic E-state index is 13.1. The van der Waals surface area contributed by atoms with Crippen molar-refractivity contribution < 1.29 is 38.3 Å². The summed E-state index contributed by atoms with van der Waals surface area (Å²) in [6, 6.07) is 9.28. The van der Waals surface area contributed by atoms with E-state index < -0.39 is 25.9 Å². The van der Waals surface area contributed by atoms with Gasteiger partial charge in [0.1, 0.15) is 0 Å². The minimum absolute atomic E-state index is 0.0217. The van der Waals surface area contributed by atoms with Crippen molar-refractivity contribution in [2.75, 3.05) is 6.61 Å². The highest BCUT2D eigenvalue weighted by Crippen LogP contribution is 2.39. The minimum atomic E-state index is -1.27. The zero-order valence-electron chi connectivity index (χ0n) is 45.2. The van der Waals surface area contributed by atoms with E-state index in [1.54, 1.807) is 0 Å². The molecule has 12 atom stereocenters. The third-order valence-electron chi connectivity index (χ3n) is 13.7. The number of ether oxygens (including phenoxy) is 6. The molecule has 5 rings (SSSR count). The number of carbonyl (C=O) groups is 1. The van der Waals surface area contributed by atoms with Crippen molar-refractivity contribution in [1.29, 1.82) is 0 Å². The molecule has 0 spiro atoms. The Labute approximate surface area is 408 Å². The Balaban J connectivity index is 0.000000298. The number of carbonyl (C=O) groups excluding carboxylic acids is 1. The monoisotopic (exact) mass is 943 g/mol. The van der Waals surface area contributed by atoms with Crippen LogP contribution in [0.3, 0.4) is 0 Å². The third-order valence-corrected chi connectivity index (χ3v) is 15.4. The molecule has 0 bridgehead atoms. The van der Waals surface area contributed by atoms with Gasteiger partial charge in [0.25, 0.3) is 0 Å². The lowest BCUT2D eigenvalue weighted by Gasteiger charge is -2.27. The van der Waals surface area contributed by atoms with E-state index in [2.05, 4.69) is 162 Å². The van der Waals surface area contributed by atoms with Gasteiger partial charge in [-0.1, -0.05) is 159 Å². The van der Waals surface area contributed by atoms with E-state index in [0.29, 0.717) is 24.0 Å². The molecule has 67 heavy (non-hydrogen) atoms. The Morgan fingerprint density at radius 3 is 1.82 bits per heavy atom. The highest BCUT2D eigenvalue weighted by atomic mass is 28.3. The quantitative estimate of drug-likeness (QED) is 0.135. The fourth-order valence-corrected chi connectivity index (χ4v) is 9.82. The van der Waals surface area contributed by atoms with Gasteiger partial charge in [-0.25, -0.2) is 4.79 Å². The lowest BCUT2D eigenvalue weighted by molar-refractivity contribution is -0.151. The zero-order chi connectivity index (χ0) is 50.3. The smallest absolute Gasteiger partial charge is 0.338 e. The molecule has 0 amide bonds. The number of hydrogen-bond acceptors (Lipinski definition) is 8. The first-order chi connectivity index (χ1) is 31.0. The molecular weight excluding hydrogens is 853 g/mol. The number of benzene rings is 2. The van der Waals surface area contributed by atoms with Crippen LogP contribution in [-0.2, 0) is 28.4 Å². The van der Waals surface area contributed by atoms with Crippen molar-refractivity contribution in [1.82, 2.24) is 0 Å². The second-order valence-corrected chi connectivity index (χ2v) is 28.4. The number of hydrogen-bond donors (Lipinski definition) is 1. The third kappa shape index (κ3) is 16.2. The SMILES string of the molecule is Cc1cc(C)c(C(=O)OCC[Si](C)(C)C)c(/C=C/C(C)C2OC(C)(C)OC2C(C)/C=C\[C@@H](C)C(C)C)c1.Cc1cc(C)c2c(c1)/C=C/C(C)C1OC(C)(C)OC1C(C)/C=C\[C@@H](C)[C@H](C)OC2O. The second kappa shape index (κ2) is 23.6. The fraction of sp³-hybridized carbons (Fsp3) is 0.638. The number of aryl methyl sites for hydroxylation is 4. The fourth-order valence-electron chi connectivity index (χ4n) is 9.10. The molecule has 0 saturated carbocycles. The van der Waals surface area contributed by atoms with Crippen LogP contribution in [0.5, 0.6) is 0 Å². The summed E-state index contributed by atoms with van der Waals surface area (Å²) in [6.07, 6.45) is 16.1. The topological polar surface area (TPSA) is 92.7 Å². The van der Waals surface area contributed by atoms with Gasteiger partial charge in [0, 0.05) is 43.2 Å². The predicted molar refractivity (Wildman–Crippen MR) is 280 cm³/mol. The Morgan fingerprint density at radius 2 is 1.24 bits per heavy atom. The number of esters is 1. The van der Waals surface area contributed by atoms with Gasteiger partial charge >= 0.3 is 5.97 Å². The largest absolute Gasteiger partial charge is 0.462 e. The van der Waals surface area contributed by atoms with Gasteiger partial charge in [0.05, 0.1) is 42.7 Å². The first-order valence-electron chi connectivity index (χ1n) is 25.2. The van der Waals surface area contributed by atoms with Crippen molar-refractivity contribution >= 4 is 26.2 Å². The summed E-state index contributed by atoms with van der Waals surface area (Å²) >= 11 is 0. The van der Waals surface area contributed by atoms with Gasteiger partial charge in [-0.3, -0.25) is 0 Å². The van der Waals surface area contributed by atoms with Crippen LogP contribution in [0.25, 0.3) is 12.2 Å². The number of fused-ring (bicyclic) bond motifs is 2. The van der Waals surface area contributed by atoms with E-state index in [9.17, 15) is 9.90 Å². The minimum Gasteiger partial charge on any atom is -0.462 e. The molecule has 2 aromatic rings. The molecule has 8 nitrogen and oxygen atoms in total. The van der Waals surface area contributed by atoms with Crippen molar-refractivity contribution in [3.8, 4) is 0 Å². The molecule has 2 aromatic carbocycles. The van der Waals surface area contributed by atoms with Crippen molar-refractivity contribution in [3.05, 3.63) is 105 Å². The van der Waals surface area contributed by atoms with Gasteiger partial charge in [-0.15, -0.1) is 0 Å². The van der Waals surface area contributed by atoms with Gasteiger partial charge < -0.3 is 33.5 Å².